The predicted octanol–water partition coefficient (Wildman–Crippen LogP) is 3.93. The van der Waals surface area contributed by atoms with Gasteiger partial charge in [-0.1, -0.05) is 31.5 Å². The van der Waals surface area contributed by atoms with Crippen molar-refractivity contribution in [1.29, 1.82) is 0 Å². The molecule has 4 heteroatoms. The van der Waals surface area contributed by atoms with Gasteiger partial charge in [0.05, 0.1) is 15.2 Å². The number of nitrogens with one attached hydrogen (secondary N) is 1. The number of rotatable bonds is 2. The SMILES string of the molecule is CC(C)C1CN(c2cccc(Cl)c2Br)CCCN1. The molecule has 0 saturated carbocycles. The van der Waals surface area contributed by atoms with Crippen LogP contribution in [0.1, 0.15) is 20.3 Å². The van der Waals surface area contributed by atoms with Crippen molar-refractivity contribution in [2.45, 2.75) is 26.3 Å². The van der Waals surface area contributed by atoms with E-state index in [2.05, 4.69) is 46.1 Å². The van der Waals surface area contributed by atoms with Crippen LogP contribution in [-0.4, -0.2) is 25.7 Å². The summed E-state index contributed by atoms with van der Waals surface area (Å²) in [5.74, 6) is 0.642. The van der Waals surface area contributed by atoms with Crippen LogP contribution in [0.3, 0.4) is 0 Å². The molecule has 0 aromatic heterocycles. The number of halogens is 2. The Hall–Kier alpha value is -0.250. The molecular formula is C14H20BrClN2. The molecule has 0 spiro atoms. The lowest BCUT2D eigenvalue weighted by molar-refractivity contribution is 0.420. The molecule has 1 aromatic rings. The van der Waals surface area contributed by atoms with E-state index < -0.39 is 0 Å². The molecule has 2 rings (SSSR count). The lowest BCUT2D eigenvalue weighted by atomic mass is 10.0. The van der Waals surface area contributed by atoms with Crippen LogP contribution < -0.4 is 10.2 Å². The molecular weight excluding hydrogens is 312 g/mol. The molecule has 0 amide bonds. The van der Waals surface area contributed by atoms with E-state index in [1.54, 1.807) is 0 Å². The number of hydrogen-bond donors (Lipinski definition) is 1. The van der Waals surface area contributed by atoms with E-state index in [0.29, 0.717) is 12.0 Å². The highest BCUT2D eigenvalue weighted by molar-refractivity contribution is 9.10. The van der Waals surface area contributed by atoms with E-state index in [4.69, 9.17) is 11.6 Å². The topological polar surface area (TPSA) is 15.3 Å². The zero-order valence-corrected chi connectivity index (χ0v) is 13.3. The van der Waals surface area contributed by atoms with Gasteiger partial charge in [0.2, 0.25) is 0 Å². The Balaban J connectivity index is 2.22. The van der Waals surface area contributed by atoms with Gasteiger partial charge in [0.25, 0.3) is 0 Å². The minimum atomic E-state index is 0.540. The minimum absolute atomic E-state index is 0.540. The number of nitrogens with zero attached hydrogens (tertiary/aromatic N) is 1. The van der Waals surface area contributed by atoms with E-state index in [0.717, 1.165) is 29.1 Å². The van der Waals surface area contributed by atoms with Crippen molar-refractivity contribution in [2.24, 2.45) is 5.92 Å². The molecule has 1 aromatic carbocycles. The normalized spacial score (nSPS) is 21.2. The molecule has 2 nitrogen and oxygen atoms in total. The van der Waals surface area contributed by atoms with Gasteiger partial charge in [0, 0.05) is 19.1 Å². The fourth-order valence-corrected chi connectivity index (χ4v) is 3.04. The van der Waals surface area contributed by atoms with Gasteiger partial charge in [-0.2, -0.15) is 0 Å². The predicted molar refractivity (Wildman–Crippen MR) is 82.6 cm³/mol. The lowest BCUT2D eigenvalue weighted by Gasteiger charge is -2.29. The molecule has 1 unspecified atom stereocenters. The van der Waals surface area contributed by atoms with Gasteiger partial charge in [-0.3, -0.25) is 0 Å². The van der Waals surface area contributed by atoms with Crippen LogP contribution in [0, 0.1) is 5.92 Å². The van der Waals surface area contributed by atoms with Gasteiger partial charge in [0.1, 0.15) is 0 Å². The summed E-state index contributed by atoms with van der Waals surface area (Å²) in [5.41, 5.74) is 1.21. The number of anilines is 1. The molecule has 0 radical (unpaired) electrons. The van der Waals surface area contributed by atoms with Crippen molar-refractivity contribution >= 4 is 33.2 Å². The van der Waals surface area contributed by atoms with Crippen molar-refractivity contribution in [3.05, 3.63) is 27.7 Å². The highest BCUT2D eigenvalue weighted by Crippen LogP contribution is 2.33. The molecule has 18 heavy (non-hydrogen) atoms. The molecule has 1 heterocycles. The Morgan fingerprint density at radius 3 is 2.94 bits per heavy atom. The van der Waals surface area contributed by atoms with E-state index >= 15 is 0 Å². The Bertz CT molecular complexity index is 409. The van der Waals surface area contributed by atoms with Crippen molar-refractivity contribution < 1.29 is 0 Å². The van der Waals surface area contributed by atoms with E-state index in [1.165, 1.54) is 12.1 Å². The summed E-state index contributed by atoms with van der Waals surface area (Å²) in [6, 6.07) is 6.62. The first-order valence-corrected chi connectivity index (χ1v) is 7.69. The standard InChI is InChI=1S/C14H20BrClN2/c1-10(2)12-9-18(8-4-7-17-12)13-6-3-5-11(16)14(13)15/h3,5-6,10,12,17H,4,7-9H2,1-2H3. The summed E-state index contributed by atoms with van der Waals surface area (Å²) in [5, 5.41) is 4.41. The average molecular weight is 332 g/mol. The van der Waals surface area contributed by atoms with Gasteiger partial charge in [0.15, 0.2) is 0 Å². The van der Waals surface area contributed by atoms with Gasteiger partial charge in [-0.15, -0.1) is 0 Å². The van der Waals surface area contributed by atoms with Crippen LogP contribution in [-0.2, 0) is 0 Å². The van der Waals surface area contributed by atoms with Gasteiger partial charge < -0.3 is 10.2 Å². The van der Waals surface area contributed by atoms with Crippen LogP contribution in [0.15, 0.2) is 22.7 Å². The van der Waals surface area contributed by atoms with Crippen molar-refractivity contribution in [3.8, 4) is 0 Å². The largest absolute Gasteiger partial charge is 0.369 e. The number of hydrogen-bond acceptors (Lipinski definition) is 2. The smallest absolute Gasteiger partial charge is 0.0595 e. The Labute approximate surface area is 123 Å². The highest BCUT2D eigenvalue weighted by atomic mass is 79.9. The van der Waals surface area contributed by atoms with Crippen LogP contribution in [0.25, 0.3) is 0 Å². The van der Waals surface area contributed by atoms with E-state index in [9.17, 15) is 0 Å². The summed E-state index contributed by atoms with van der Waals surface area (Å²) < 4.78 is 1.01. The van der Waals surface area contributed by atoms with Gasteiger partial charge >= 0.3 is 0 Å². The maximum Gasteiger partial charge on any atom is 0.0595 e. The average Bonchev–Trinajstić information content (AvgIpc) is 2.58. The van der Waals surface area contributed by atoms with Crippen LogP contribution in [0.5, 0.6) is 0 Å². The van der Waals surface area contributed by atoms with Crippen molar-refractivity contribution in [2.75, 3.05) is 24.5 Å². The molecule has 0 bridgehead atoms. The van der Waals surface area contributed by atoms with Crippen molar-refractivity contribution in [3.63, 3.8) is 0 Å². The summed E-state index contributed by atoms with van der Waals surface area (Å²) in [7, 11) is 0. The Morgan fingerprint density at radius 1 is 1.44 bits per heavy atom. The highest BCUT2D eigenvalue weighted by Gasteiger charge is 2.22. The summed E-state index contributed by atoms with van der Waals surface area (Å²) >= 11 is 9.79. The third-order valence-electron chi connectivity index (χ3n) is 3.51. The maximum absolute atomic E-state index is 6.18. The third kappa shape index (κ3) is 3.19. The zero-order chi connectivity index (χ0) is 13.1. The van der Waals surface area contributed by atoms with Crippen LogP contribution >= 0.6 is 27.5 Å². The minimum Gasteiger partial charge on any atom is -0.369 e. The monoisotopic (exact) mass is 330 g/mol. The molecule has 1 atom stereocenters. The van der Waals surface area contributed by atoms with Gasteiger partial charge in [-0.05, 0) is 46.9 Å². The fraction of sp³-hybridized carbons (Fsp3) is 0.571. The molecule has 1 fully saturated rings. The fourth-order valence-electron chi connectivity index (χ4n) is 2.35. The first-order chi connectivity index (χ1) is 8.59. The Kier molecular flexibility index (Phi) is 4.93. The second kappa shape index (κ2) is 6.27. The van der Waals surface area contributed by atoms with Gasteiger partial charge in [-0.25, -0.2) is 0 Å². The summed E-state index contributed by atoms with van der Waals surface area (Å²) in [4.78, 5) is 2.43. The second-order valence-electron chi connectivity index (χ2n) is 5.18. The third-order valence-corrected chi connectivity index (χ3v) is 4.88. The zero-order valence-electron chi connectivity index (χ0n) is 10.9. The summed E-state index contributed by atoms with van der Waals surface area (Å²) in [6.07, 6.45) is 1.17. The molecule has 100 valence electrons. The second-order valence-corrected chi connectivity index (χ2v) is 6.38. The van der Waals surface area contributed by atoms with E-state index in [1.807, 2.05) is 12.1 Å². The first-order valence-electron chi connectivity index (χ1n) is 6.52. The van der Waals surface area contributed by atoms with Crippen LogP contribution in [0.4, 0.5) is 5.69 Å². The molecule has 1 saturated heterocycles. The molecule has 0 aliphatic carbocycles. The molecule has 1 aliphatic heterocycles. The van der Waals surface area contributed by atoms with Crippen molar-refractivity contribution in [1.82, 2.24) is 5.32 Å². The quantitative estimate of drug-likeness (QED) is 0.883. The van der Waals surface area contributed by atoms with Crippen LogP contribution in [0.2, 0.25) is 5.02 Å². The summed E-state index contributed by atoms with van der Waals surface area (Å²) in [6.45, 7) is 7.76. The maximum atomic E-state index is 6.18. The first kappa shape index (κ1) is 14.2. The lowest BCUT2D eigenvalue weighted by Crippen LogP contribution is -2.41. The Morgan fingerprint density at radius 2 is 2.22 bits per heavy atom. The molecule has 1 N–H and O–H groups in total. The number of benzene rings is 1. The molecule has 1 aliphatic rings. The van der Waals surface area contributed by atoms with E-state index in [-0.39, 0.29) is 0 Å².